The lowest BCUT2D eigenvalue weighted by molar-refractivity contribution is 0.0728. The maximum atomic E-state index is 13.8. The number of nitrogens with zero attached hydrogens (tertiary/aromatic N) is 1. The molecule has 0 heterocycles. The molecule has 1 aliphatic rings. The molecular formula is C17H15BrFNO. The van der Waals surface area contributed by atoms with E-state index in [-0.39, 0.29) is 17.8 Å². The van der Waals surface area contributed by atoms with Gasteiger partial charge in [0.25, 0.3) is 5.91 Å². The summed E-state index contributed by atoms with van der Waals surface area (Å²) < 4.78 is 14.7. The van der Waals surface area contributed by atoms with E-state index in [2.05, 4.69) is 15.9 Å². The first-order valence-corrected chi connectivity index (χ1v) is 7.74. The number of amides is 1. The molecule has 21 heavy (non-hydrogen) atoms. The molecule has 0 aromatic heterocycles. The molecule has 108 valence electrons. The monoisotopic (exact) mass is 347 g/mol. The minimum atomic E-state index is -0.258. The highest BCUT2D eigenvalue weighted by molar-refractivity contribution is 9.10. The van der Waals surface area contributed by atoms with Gasteiger partial charge in [0.15, 0.2) is 0 Å². The number of hydrogen-bond donors (Lipinski definition) is 0. The van der Waals surface area contributed by atoms with Gasteiger partial charge in [0.2, 0.25) is 0 Å². The van der Waals surface area contributed by atoms with Crippen LogP contribution in [0.5, 0.6) is 0 Å². The molecule has 1 aliphatic carbocycles. The Morgan fingerprint density at radius 2 is 1.81 bits per heavy atom. The van der Waals surface area contributed by atoms with Crippen LogP contribution in [0.2, 0.25) is 0 Å². The van der Waals surface area contributed by atoms with Crippen LogP contribution in [0, 0.1) is 5.82 Å². The van der Waals surface area contributed by atoms with Crippen LogP contribution in [0.15, 0.2) is 53.0 Å². The lowest BCUT2D eigenvalue weighted by Gasteiger charge is -2.23. The van der Waals surface area contributed by atoms with Gasteiger partial charge in [-0.3, -0.25) is 4.79 Å². The summed E-state index contributed by atoms with van der Waals surface area (Å²) >= 11 is 3.36. The summed E-state index contributed by atoms with van der Waals surface area (Å²) in [6, 6.07) is 14.2. The zero-order valence-corrected chi connectivity index (χ0v) is 13.0. The van der Waals surface area contributed by atoms with Crippen LogP contribution in [0.4, 0.5) is 4.39 Å². The molecule has 0 unspecified atom stereocenters. The Kier molecular flexibility index (Phi) is 4.06. The number of benzene rings is 2. The third-order valence-corrected chi connectivity index (χ3v) is 4.17. The summed E-state index contributed by atoms with van der Waals surface area (Å²) in [5, 5.41) is 0. The predicted octanol–water partition coefficient (Wildman–Crippen LogP) is 4.39. The maximum Gasteiger partial charge on any atom is 0.254 e. The molecule has 0 N–H and O–H groups in total. The average Bonchev–Trinajstić information content (AvgIpc) is 3.31. The summed E-state index contributed by atoms with van der Waals surface area (Å²) in [6.07, 6.45) is 1.99. The van der Waals surface area contributed by atoms with Crippen LogP contribution in [-0.4, -0.2) is 16.8 Å². The van der Waals surface area contributed by atoms with Gasteiger partial charge in [-0.1, -0.05) is 34.1 Å². The van der Waals surface area contributed by atoms with E-state index in [9.17, 15) is 9.18 Å². The van der Waals surface area contributed by atoms with Gasteiger partial charge in [-0.05, 0) is 43.2 Å². The van der Waals surface area contributed by atoms with Gasteiger partial charge in [-0.25, -0.2) is 4.39 Å². The van der Waals surface area contributed by atoms with Crippen LogP contribution in [0.1, 0.15) is 28.8 Å². The van der Waals surface area contributed by atoms with Gasteiger partial charge in [-0.2, -0.15) is 0 Å². The molecule has 0 spiro atoms. The molecule has 0 atom stereocenters. The molecule has 3 rings (SSSR count). The summed E-state index contributed by atoms with van der Waals surface area (Å²) in [5.41, 5.74) is 1.20. The number of hydrogen-bond acceptors (Lipinski definition) is 1. The van der Waals surface area contributed by atoms with E-state index in [1.54, 1.807) is 35.2 Å². The zero-order valence-electron chi connectivity index (χ0n) is 11.4. The topological polar surface area (TPSA) is 20.3 Å². The van der Waals surface area contributed by atoms with E-state index in [1.165, 1.54) is 6.07 Å². The number of halogens is 2. The Balaban J connectivity index is 1.83. The normalized spacial score (nSPS) is 14.0. The van der Waals surface area contributed by atoms with Gasteiger partial charge in [-0.15, -0.1) is 0 Å². The van der Waals surface area contributed by atoms with E-state index in [0.29, 0.717) is 17.7 Å². The fourth-order valence-electron chi connectivity index (χ4n) is 2.32. The molecule has 2 nitrogen and oxygen atoms in total. The molecule has 1 amide bonds. The SMILES string of the molecule is O=C(c1ccc(Br)cc1)N(Cc1ccccc1F)C1CC1. The van der Waals surface area contributed by atoms with Gasteiger partial charge in [0.1, 0.15) is 5.82 Å². The molecule has 4 heteroatoms. The van der Waals surface area contributed by atoms with Crippen molar-refractivity contribution >= 4 is 21.8 Å². The van der Waals surface area contributed by atoms with Crippen molar-refractivity contribution in [2.24, 2.45) is 0 Å². The van der Waals surface area contributed by atoms with Crippen LogP contribution >= 0.6 is 15.9 Å². The first-order valence-electron chi connectivity index (χ1n) is 6.95. The number of rotatable bonds is 4. The zero-order chi connectivity index (χ0) is 14.8. The van der Waals surface area contributed by atoms with E-state index in [1.807, 2.05) is 12.1 Å². The highest BCUT2D eigenvalue weighted by Gasteiger charge is 2.33. The smallest absolute Gasteiger partial charge is 0.254 e. The van der Waals surface area contributed by atoms with Crippen LogP contribution in [0.3, 0.4) is 0 Å². The summed E-state index contributed by atoms with van der Waals surface area (Å²) in [6.45, 7) is 0.326. The van der Waals surface area contributed by atoms with Crippen LogP contribution < -0.4 is 0 Å². The van der Waals surface area contributed by atoms with Crippen molar-refractivity contribution in [2.75, 3.05) is 0 Å². The molecule has 2 aromatic rings. The molecule has 2 aromatic carbocycles. The standard InChI is InChI=1S/C17H15BrFNO/c18-14-7-5-12(6-8-14)17(21)20(15-9-10-15)11-13-3-1-2-4-16(13)19/h1-8,15H,9-11H2. The summed E-state index contributed by atoms with van der Waals surface area (Å²) in [4.78, 5) is 14.4. The lowest BCUT2D eigenvalue weighted by atomic mass is 10.1. The summed E-state index contributed by atoms with van der Waals surface area (Å²) in [7, 11) is 0. The lowest BCUT2D eigenvalue weighted by Crippen LogP contribution is -2.32. The van der Waals surface area contributed by atoms with Gasteiger partial charge < -0.3 is 4.90 Å². The van der Waals surface area contributed by atoms with Crippen molar-refractivity contribution in [3.05, 3.63) is 69.9 Å². The first kappa shape index (κ1) is 14.3. The van der Waals surface area contributed by atoms with Crippen molar-refractivity contribution in [1.82, 2.24) is 4.90 Å². The minimum absolute atomic E-state index is 0.0340. The molecule has 0 bridgehead atoms. The van der Waals surface area contributed by atoms with Crippen LogP contribution in [0.25, 0.3) is 0 Å². The van der Waals surface area contributed by atoms with Crippen molar-refractivity contribution < 1.29 is 9.18 Å². The van der Waals surface area contributed by atoms with Crippen LogP contribution in [-0.2, 0) is 6.54 Å². The van der Waals surface area contributed by atoms with E-state index in [0.717, 1.165) is 17.3 Å². The minimum Gasteiger partial charge on any atom is -0.331 e. The largest absolute Gasteiger partial charge is 0.331 e. The Labute approximate surface area is 131 Å². The van der Waals surface area contributed by atoms with E-state index >= 15 is 0 Å². The highest BCUT2D eigenvalue weighted by atomic mass is 79.9. The summed E-state index contributed by atoms with van der Waals surface area (Å²) in [5.74, 6) is -0.292. The molecule has 1 fully saturated rings. The van der Waals surface area contributed by atoms with E-state index in [4.69, 9.17) is 0 Å². The number of carbonyl (C=O) groups excluding carboxylic acids is 1. The van der Waals surface area contributed by atoms with Crippen molar-refractivity contribution in [3.63, 3.8) is 0 Å². The average molecular weight is 348 g/mol. The Bertz CT molecular complexity index is 652. The second-order valence-electron chi connectivity index (χ2n) is 5.26. The van der Waals surface area contributed by atoms with Crippen molar-refractivity contribution in [2.45, 2.75) is 25.4 Å². The molecule has 0 aliphatic heterocycles. The first-order chi connectivity index (χ1) is 10.1. The predicted molar refractivity (Wildman–Crippen MR) is 83.4 cm³/mol. The molecule has 1 saturated carbocycles. The molecular weight excluding hydrogens is 333 g/mol. The molecule has 0 saturated heterocycles. The van der Waals surface area contributed by atoms with Crippen molar-refractivity contribution in [3.8, 4) is 0 Å². The highest BCUT2D eigenvalue weighted by Crippen LogP contribution is 2.30. The van der Waals surface area contributed by atoms with Gasteiger partial charge >= 0.3 is 0 Å². The Morgan fingerprint density at radius 3 is 2.43 bits per heavy atom. The third-order valence-electron chi connectivity index (χ3n) is 3.64. The fraction of sp³-hybridized carbons (Fsp3) is 0.235. The Hall–Kier alpha value is -1.68. The molecule has 0 radical (unpaired) electrons. The quantitative estimate of drug-likeness (QED) is 0.802. The Morgan fingerprint density at radius 1 is 1.14 bits per heavy atom. The third kappa shape index (κ3) is 3.32. The number of carbonyl (C=O) groups is 1. The fourth-order valence-corrected chi connectivity index (χ4v) is 2.59. The van der Waals surface area contributed by atoms with Gasteiger partial charge in [0.05, 0.1) is 0 Å². The van der Waals surface area contributed by atoms with E-state index < -0.39 is 0 Å². The van der Waals surface area contributed by atoms with Gasteiger partial charge in [0, 0.05) is 28.2 Å². The maximum absolute atomic E-state index is 13.8. The van der Waals surface area contributed by atoms with Crippen molar-refractivity contribution in [1.29, 1.82) is 0 Å². The second-order valence-corrected chi connectivity index (χ2v) is 6.18. The second kappa shape index (κ2) is 5.98.